The van der Waals surface area contributed by atoms with Crippen molar-refractivity contribution in [3.05, 3.63) is 22.5 Å². The Morgan fingerprint density at radius 1 is 1.53 bits per heavy atom. The third-order valence-electron chi connectivity index (χ3n) is 2.16. The molecule has 6 nitrogen and oxygen atoms in total. The third kappa shape index (κ3) is 2.25. The van der Waals surface area contributed by atoms with Crippen LogP contribution in [0.3, 0.4) is 0 Å². The Balaban J connectivity index is 2.53. The van der Waals surface area contributed by atoms with Crippen LogP contribution in [0.5, 0.6) is 11.5 Å². The number of ether oxygens (including phenoxy) is 1. The van der Waals surface area contributed by atoms with Gasteiger partial charge in [-0.3, -0.25) is 0 Å². The van der Waals surface area contributed by atoms with Crippen LogP contribution in [0.2, 0.25) is 0 Å². The van der Waals surface area contributed by atoms with Crippen LogP contribution >= 0.6 is 15.9 Å². The standard InChI is InChI=1S/C10H10BrN3O3/c1-16-5-2-6(9(15)7(11)3-5)10-13-8(4-12)17-14-10/h2-3,15H,4,12H2,1H3. The van der Waals surface area contributed by atoms with Gasteiger partial charge in [0, 0.05) is 0 Å². The Kier molecular flexibility index (Phi) is 3.30. The van der Waals surface area contributed by atoms with E-state index in [0.29, 0.717) is 21.7 Å². The van der Waals surface area contributed by atoms with Crippen molar-refractivity contribution in [3.8, 4) is 22.9 Å². The van der Waals surface area contributed by atoms with Crippen LogP contribution in [0.4, 0.5) is 0 Å². The number of hydrogen-bond donors (Lipinski definition) is 2. The quantitative estimate of drug-likeness (QED) is 0.895. The van der Waals surface area contributed by atoms with Gasteiger partial charge < -0.3 is 20.1 Å². The molecule has 0 amide bonds. The predicted molar refractivity (Wildman–Crippen MR) is 63.5 cm³/mol. The van der Waals surface area contributed by atoms with Crippen molar-refractivity contribution in [2.45, 2.75) is 6.54 Å². The summed E-state index contributed by atoms with van der Waals surface area (Å²) in [6.45, 7) is 0.152. The van der Waals surface area contributed by atoms with E-state index in [9.17, 15) is 5.11 Å². The number of nitrogens with zero attached hydrogens (tertiary/aromatic N) is 2. The van der Waals surface area contributed by atoms with E-state index in [1.54, 1.807) is 12.1 Å². The topological polar surface area (TPSA) is 94.4 Å². The lowest BCUT2D eigenvalue weighted by atomic mass is 10.2. The van der Waals surface area contributed by atoms with Crippen LogP contribution in [-0.2, 0) is 6.54 Å². The number of rotatable bonds is 3. The molecule has 17 heavy (non-hydrogen) atoms. The second kappa shape index (κ2) is 4.72. The molecule has 0 radical (unpaired) electrons. The number of nitrogens with two attached hydrogens (primary N) is 1. The summed E-state index contributed by atoms with van der Waals surface area (Å²) in [7, 11) is 1.53. The maximum absolute atomic E-state index is 9.90. The fourth-order valence-corrected chi connectivity index (χ4v) is 1.75. The Labute approximate surface area is 106 Å². The first-order valence-electron chi connectivity index (χ1n) is 4.75. The van der Waals surface area contributed by atoms with Gasteiger partial charge in [0.2, 0.25) is 11.7 Å². The fraction of sp³-hybridized carbons (Fsp3) is 0.200. The maximum atomic E-state index is 9.90. The Bertz CT molecular complexity index is 542. The molecule has 0 atom stereocenters. The summed E-state index contributed by atoms with van der Waals surface area (Å²) >= 11 is 3.22. The smallest absolute Gasteiger partial charge is 0.240 e. The number of halogens is 1. The minimum atomic E-state index is 0.0233. The number of methoxy groups -OCH3 is 1. The average molecular weight is 300 g/mol. The number of aromatic nitrogens is 2. The summed E-state index contributed by atoms with van der Waals surface area (Å²) < 4.78 is 10.5. The highest BCUT2D eigenvalue weighted by molar-refractivity contribution is 9.10. The SMILES string of the molecule is COc1cc(Br)c(O)c(-c2noc(CN)n2)c1. The molecule has 0 aliphatic rings. The number of benzene rings is 1. The minimum absolute atomic E-state index is 0.0233. The fourth-order valence-electron chi connectivity index (χ4n) is 1.31. The van der Waals surface area contributed by atoms with Crippen LogP contribution < -0.4 is 10.5 Å². The highest BCUT2D eigenvalue weighted by Gasteiger charge is 2.15. The first kappa shape index (κ1) is 11.9. The molecule has 1 aromatic heterocycles. The molecule has 7 heteroatoms. The lowest BCUT2D eigenvalue weighted by Gasteiger charge is -2.06. The molecule has 0 spiro atoms. The van der Waals surface area contributed by atoms with E-state index in [1.165, 1.54) is 7.11 Å². The summed E-state index contributed by atoms with van der Waals surface area (Å²) in [4.78, 5) is 4.04. The average Bonchev–Trinajstić information content (AvgIpc) is 2.81. The maximum Gasteiger partial charge on any atom is 0.240 e. The van der Waals surface area contributed by atoms with Crippen molar-refractivity contribution >= 4 is 15.9 Å². The van der Waals surface area contributed by atoms with Gasteiger partial charge in [-0.1, -0.05) is 5.16 Å². The van der Waals surface area contributed by atoms with E-state index in [4.69, 9.17) is 15.0 Å². The molecule has 2 aromatic rings. The highest BCUT2D eigenvalue weighted by Crippen LogP contribution is 2.37. The molecule has 3 N–H and O–H groups in total. The number of hydrogen-bond acceptors (Lipinski definition) is 6. The molecule has 0 saturated carbocycles. The van der Waals surface area contributed by atoms with Gasteiger partial charge in [-0.05, 0) is 28.1 Å². The highest BCUT2D eigenvalue weighted by atomic mass is 79.9. The van der Waals surface area contributed by atoms with Crippen LogP contribution in [0.1, 0.15) is 5.89 Å². The predicted octanol–water partition coefficient (Wildman–Crippen LogP) is 1.67. The number of phenolic OH excluding ortho intramolecular Hbond substituents is 1. The van der Waals surface area contributed by atoms with Crippen LogP contribution in [-0.4, -0.2) is 22.4 Å². The van der Waals surface area contributed by atoms with Crippen LogP contribution in [0, 0.1) is 0 Å². The number of aromatic hydroxyl groups is 1. The van der Waals surface area contributed by atoms with Crippen molar-refractivity contribution in [2.24, 2.45) is 5.73 Å². The Hall–Kier alpha value is -1.60. The molecular formula is C10H10BrN3O3. The lowest BCUT2D eigenvalue weighted by molar-refractivity contribution is 0.380. The summed E-state index contributed by atoms with van der Waals surface area (Å²) in [6.07, 6.45) is 0. The zero-order chi connectivity index (χ0) is 12.4. The van der Waals surface area contributed by atoms with E-state index in [1.807, 2.05) is 0 Å². The van der Waals surface area contributed by atoms with Gasteiger partial charge in [0.1, 0.15) is 11.5 Å². The second-order valence-electron chi connectivity index (χ2n) is 3.22. The first-order valence-corrected chi connectivity index (χ1v) is 5.54. The molecule has 0 aliphatic carbocycles. The zero-order valence-corrected chi connectivity index (χ0v) is 10.6. The van der Waals surface area contributed by atoms with Crippen molar-refractivity contribution in [2.75, 3.05) is 7.11 Å². The molecule has 0 bridgehead atoms. The molecule has 1 aromatic carbocycles. The molecule has 0 saturated heterocycles. The Morgan fingerprint density at radius 2 is 2.29 bits per heavy atom. The molecular weight excluding hydrogens is 290 g/mol. The minimum Gasteiger partial charge on any atom is -0.506 e. The monoisotopic (exact) mass is 299 g/mol. The van der Waals surface area contributed by atoms with Gasteiger partial charge in [0.25, 0.3) is 0 Å². The molecule has 2 rings (SSSR count). The number of phenols is 1. The molecule has 0 fully saturated rings. The largest absolute Gasteiger partial charge is 0.506 e. The van der Waals surface area contributed by atoms with E-state index in [2.05, 4.69) is 26.1 Å². The van der Waals surface area contributed by atoms with Crippen molar-refractivity contribution in [1.82, 2.24) is 10.1 Å². The van der Waals surface area contributed by atoms with E-state index >= 15 is 0 Å². The molecule has 0 unspecified atom stereocenters. The first-order chi connectivity index (χ1) is 8.15. The van der Waals surface area contributed by atoms with E-state index in [0.717, 1.165) is 0 Å². The van der Waals surface area contributed by atoms with E-state index < -0.39 is 0 Å². The molecule has 90 valence electrons. The third-order valence-corrected chi connectivity index (χ3v) is 2.76. The lowest BCUT2D eigenvalue weighted by Crippen LogP contribution is -1.95. The van der Waals surface area contributed by atoms with Gasteiger partial charge in [-0.2, -0.15) is 4.98 Å². The second-order valence-corrected chi connectivity index (χ2v) is 4.08. The van der Waals surface area contributed by atoms with Gasteiger partial charge >= 0.3 is 0 Å². The van der Waals surface area contributed by atoms with E-state index in [-0.39, 0.29) is 18.1 Å². The van der Waals surface area contributed by atoms with Gasteiger partial charge in [0.05, 0.1) is 23.7 Å². The summed E-state index contributed by atoms with van der Waals surface area (Å²) in [5.74, 6) is 1.17. The normalized spacial score (nSPS) is 10.5. The van der Waals surface area contributed by atoms with Crippen LogP contribution in [0.25, 0.3) is 11.4 Å². The summed E-state index contributed by atoms with van der Waals surface area (Å²) in [5.41, 5.74) is 5.79. The summed E-state index contributed by atoms with van der Waals surface area (Å²) in [6, 6.07) is 3.26. The molecule has 0 aliphatic heterocycles. The zero-order valence-electron chi connectivity index (χ0n) is 8.98. The van der Waals surface area contributed by atoms with Gasteiger partial charge in [-0.15, -0.1) is 0 Å². The van der Waals surface area contributed by atoms with Crippen molar-refractivity contribution < 1.29 is 14.4 Å². The van der Waals surface area contributed by atoms with Crippen LogP contribution in [0.15, 0.2) is 21.1 Å². The molecule has 1 heterocycles. The Morgan fingerprint density at radius 3 is 2.88 bits per heavy atom. The van der Waals surface area contributed by atoms with Crippen molar-refractivity contribution in [1.29, 1.82) is 0 Å². The summed E-state index contributed by atoms with van der Waals surface area (Å²) in [5, 5.41) is 13.6. The van der Waals surface area contributed by atoms with Crippen molar-refractivity contribution in [3.63, 3.8) is 0 Å². The van der Waals surface area contributed by atoms with Gasteiger partial charge in [0.15, 0.2) is 0 Å². The van der Waals surface area contributed by atoms with Gasteiger partial charge in [-0.25, -0.2) is 0 Å².